The van der Waals surface area contributed by atoms with E-state index in [4.69, 9.17) is 10.00 Å². The fourth-order valence-electron chi connectivity index (χ4n) is 2.06. The predicted octanol–water partition coefficient (Wildman–Crippen LogP) is 4.21. The summed E-state index contributed by atoms with van der Waals surface area (Å²) in [5.74, 6) is 0.893. The van der Waals surface area contributed by atoms with Crippen LogP contribution in [0.5, 0.6) is 5.75 Å². The molecule has 0 atom stereocenters. The van der Waals surface area contributed by atoms with Gasteiger partial charge in [-0.1, -0.05) is 19.4 Å². The molecular weight excluding hydrogens is 280 g/mol. The summed E-state index contributed by atoms with van der Waals surface area (Å²) in [6, 6.07) is 8.36. The smallest absolute Gasteiger partial charge is 0.128 e. The third-order valence-corrected chi connectivity index (χ3v) is 4.46. The number of thiazole rings is 1. The summed E-state index contributed by atoms with van der Waals surface area (Å²) < 4.78 is 5.77. The van der Waals surface area contributed by atoms with Crippen molar-refractivity contribution in [2.45, 2.75) is 40.0 Å². The number of hydrogen-bond acceptors (Lipinski definition) is 4. The predicted molar refractivity (Wildman–Crippen MR) is 85.9 cm³/mol. The molecule has 1 aromatic carbocycles. The van der Waals surface area contributed by atoms with E-state index < -0.39 is 0 Å². The Balaban J connectivity index is 1.94. The Labute approximate surface area is 130 Å². The molecule has 0 radical (unpaired) electrons. The van der Waals surface area contributed by atoms with Crippen molar-refractivity contribution in [3.05, 3.63) is 44.9 Å². The number of ether oxygens (including phenoxy) is 1. The number of aryl methyl sites for hydroxylation is 3. The van der Waals surface area contributed by atoms with Crippen molar-refractivity contribution in [3.8, 4) is 11.8 Å². The molecule has 1 heterocycles. The lowest BCUT2D eigenvalue weighted by molar-refractivity contribution is 0.321. The van der Waals surface area contributed by atoms with Crippen LogP contribution in [-0.2, 0) is 12.8 Å². The second kappa shape index (κ2) is 7.24. The van der Waals surface area contributed by atoms with E-state index in [2.05, 4.69) is 44.0 Å². The van der Waals surface area contributed by atoms with Gasteiger partial charge in [0.25, 0.3) is 0 Å². The summed E-state index contributed by atoms with van der Waals surface area (Å²) in [5, 5.41) is 10.1. The standard InChI is InChI=1S/C17H20N2OS/c1-4-5-15-16(11-18)21-17(19-15)8-9-20-14-7-6-12(2)13(3)10-14/h6-7,10H,4-5,8-9H2,1-3H3. The molecule has 3 nitrogen and oxygen atoms in total. The molecule has 0 N–H and O–H groups in total. The fraction of sp³-hybridized carbons (Fsp3) is 0.412. The second-order valence-corrected chi connectivity index (χ2v) is 6.17. The summed E-state index contributed by atoms with van der Waals surface area (Å²) in [6.45, 7) is 6.86. The van der Waals surface area contributed by atoms with E-state index in [1.54, 1.807) is 0 Å². The van der Waals surface area contributed by atoms with Crippen molar-refractivity contribution in [1.82, 2.24) is 4.98 Å². The van der Waals surface area contributed by atoms with Gasteiger partial charge in [0.2, 0.25) is 0 Å². The van der Waals surface area contributed by atoms with E-state index in [0.29, 0.717) is 6.61 Å². The van der Waals surface area contributed by atoms with Gasteiger partial charge >= 0.3 is 0 Å². The molecule has 21 heavy (non-hydrogen) atoms. The van der Waals surface area contributed by atoms with Gasteiger partial charge in [-0.2, -0.15) is 5.26 Å². The minimum atomic E-state index is 0.590. The van der Waals surface area contributed by atoms with Gasteiger partial charge in [-0.05, 0) is 43.5 Å². The molecular formula is C17H20N2OS. The first-order chi connectivity index (χ1) is 10.1. The zero-order chi connectivity index (χ0) is 15.2. The molecule has 0 aliphatic rings. The molecule has 1 aromatic heterocycles. The molecule has 2 aromatic rings. The third kappa shape index (κ3) is 4.05. The van der Waals surface area contributed by atoms with Gasteiger partial charge in [-0.25, -0.2) is 4.98 Å². The normalized spacial score (nSPS) is 10.4. The summed E-state index contributed by atoms with van der Waals surface area (Å²) in [6.07, 6.45) is 2.63. The van der Waals surface area contributed by atoms with Gasteiger partial charge in [-0.3, -0.25) is 0 Å². The van der Waals surface area contributed by atoms with Gasteiger partial charge in [-0.15, -0.1) is 11.3 Å². The van der Waals surface area contributed by atoms with Gasteiger partial charge < -0.3 is 4.74 Å². The topological polar surface area (TPSA) is 45.9 Å². The quantitative estimate of drug-likeness (QED) is 0.803. The Morgan fingerprint density at radius 1 is 1.24 bits per heavy atom. The molecule has 2 rings (SSSR count). The van der Waals surface area contributed by atoms with Crippen molar-refractivity contribution in [2.75, 3.05) is 6.61 Å². The zero-order valence-corrected chi connectivity index (χ0v) is 13.6. The summed E-state index contributed by atoms with van der Waals surface area (Å²) in [5.41, 5.74) is 3.44. The second-order valence-electron chi connectivity index (χ2n) is 5.09. The summed E-state index contributed by atoms with van der Waals surface area (Å²) >= 11 is 1.49. The van der Waals surface area contributed by atoms with Crippen molar-refractivity contribution in [1.29, 1.82) is 5.26 Å². The van der Waals surface area contributed by atoms with Crippen molar-refractivity contribution < 1.29 is 4.74 Å². The van der Waals surface area contributed by atoms with Crippen LogP contribution in [0.2, 0.25) is 0 Å². The van der Waals surface area contributed by atoms with Gasteiger partial charge in [0.15, 0.2) is 0 Å². The highest BCUT2D eigenvalue weighted by Crippen LogP contribution is 2.21. The highest BCUT2D eigenvalue weighted by Gasteiger charge is 2.10. The van der Waals surface area contributed by atoms with Crippen LogP contribution in [0.4, 0.5) is 0 Å². The minimum absolute atomic E-state index is 0.590. The molecule has 4 heteroatoms. The lowest BCUT2D eigenvalue weighted by Crippen LogP contribution is -2.01. The fourth-order valence-corrected chi connectivity index (χ4v) is 2.95. The first-order valence-electron chi connectivity index (χ1n) is 7.22. The van der Waals surface area contributed by atoms with Crippen LogP contribution in [0.3, 0.4) is 0 Å². The van der Waals surface area contributed by atoms with Crippen LogP contribution in [-0.4, -0.2) is 11.6 Å². The van der Waals surface area contributed by atoms with Crippen molar-refractivity contribution in [3.63, 3.8) is 0 Å². The van der Waals surface area contributed by atoms with Crippen LogP contribution in [0, 0.1) is 25.2 Å². The summed E-state index contributed by atoms with van der Waals surface area (Å²) in [4.78, 5) is 5.30. The molecule has 0 bridgehead atoms. The number of benzene rings is 1. The Kier molecular flexibility index (Phi) is 5.35. The molecule has 0 fully saturated rings. The summed E-state index contributed by atoms with van der Waals surface area (Å²) in [7, 11) is 0. The maximum Gasteiger partial charge on any atom is 0.128 e. The molecule has 0 unspecified atom stereocenters. The molecule has 0 aliphatic carbocycles. The minimum Gasteiger partial charge on any atom is -0.493 e. The van der Waals surface area contributed by atoms with Crippen LogP contribution in [0.25, 0.3) is 0 Å². The SMILES string of the molecule is CCCc1nc(CCOc2ccc(C)c(C)c2)sc1C#N. The maximum atomic E-state index is 9.11. The first-order valence-corrected chi connectivity index (χ1v) is 8.04. The molecule has 0 amide bonds. The van der Waals surface area contributed by atoms with Gasteiger partial charge in [0.05, 0.1) is 17.3 Å². The Morgan fingerprint density at radius 3 is 2.71 bits per heavy atom. The van der Waals surface area contributed by atoms with Crippen molar-refractivity contribution in [2.24, 2.45) is 0 Å². The number of nitriles is 1. The zero-order valence-electron chi connectivity index (χ0n) is 12.8. The van der Waals surface area contributed by atoms with Crippen molar-refractivity contribution >= 4 is 11.3 Å². The lowest BCUT2D eigenvalue weighted by Gasteiger charge is -2.07. The van der Waals surface area contributed by atoms with E-state index in [9.17, 15) is 0 Å². The van der Waals surface area contributed by atoms with Crippen LogP contribution in [0.15, 0.2) is 18.2 Å². The number of rotatable bonds is 6. The molecule has 0 saturated heterocycles. The molecule has 110 valence electrons. The van der Waals surface area contributed by atoms with Gasteiger partial charge in [0.1, 0.15) is 16.7 Å². The molecule has 0 aliphatic heterocycles. The van der Waals surface area contributed by atoms with E-state index in [1.807, 2.05) is 6.07 Å². The van der Waals surface area contributed by atoms with E-state index in [1.165, 1.54) is 22.5 Å². The highest BCUT2D eigenvalue weighted by atomic mass is 32.1. The Morgan fingerprint density at radius 2 is 2.05 bits per heavy atom. The first kappa shape index (κ1) is 15.5. The maximum absolute atomic E-state index is 9.11. The van der Waals surface area contributed by atoms with E-state index >= 15 is 0 Å². The molecule has 0 spiro atoms. The average Bonchev–Trinajstić information content (AvgIpc) is 2.85. The van der Waals surface area contributed by atoms with E-state index in [0.717, 1.165) is 40.6 Å². The van der Waals surface area contributed by atoms with E-state index in [-0.39, 0.29) is 0 Å². The number of hydrogen-bond donors (Lipinski definition) is 0. The van der Waals surface area contributed by atoms with Gasteiger partial charge in [0, 0.05) is 6.42 Å². The van der Waals surface area contributed by atoms with Crippen LogP contribution >= 0.6 is 11.3 Å². The van der Waals surface area contributed by atoms with Crippen LogP contribution < -0.4 is 4.74 Å². The largest absolute Gasteiger partial charge is 0.493 e. The monoisotopic (exact) mass is 300 g/mol. The lowest BCUT2D eigenvalue weighted by atomic mass is 10.1. The Bertz CT molecular complexity index is 655. The third-order valence-electron chi connectivity index (χ3n) is 3.39. The highest BCUT2D eigenvalue weighted by molar-refractivity contribution is 7.12. The number of aromatic nitrogens is 1. The number of nitrogens with zero attached hydrogens (tertiary/aromatic N) is 2. The molecule has 0 saturated carbocycles. The van der Waals surface area contributed by atoms with Crippen LogP contribution in [0.1, 0.15) is 40.1 Å². The average molecular weight is 300 g/mol. The Hall–Kier alpha value is -1.86.